The molecule has 2 aromatic carbocycles. The van der Waals surface area contributed by atoms with Crippen LogP contribution in [0, 0.1) is 0 Å². The molecular weight excluding hydrogens is 670 g/mol. The van der Waals surface area contributed by atoms with Crippen LogP contribution in [0.3, 0.4) is 0 Å². The molecule has 48 heavy (non-hydrogen) atoms. The predicted octanol–water partition coefficient (Wildman–Crippen LogP) is 6.10. The van der Waals surface area contributed by atoms with E-state index in [1.165, 1.54) is 17.7 Å². The van der Waals surface area contributed by atoms with Crippen LogP contribution in [0.15, 0.2) is 48.7 Å². The predicted molar refractivity (Wildman–Crippen MR) is 166 cm³/mol. The Kier molecular flexibility index (Phi) is 10.5. The smallest absolute Gasteiger partial charge is 0.404 e. The molecule has 0 saturated heterocycles. The van der Waals surface area contributed by atoms with Gasteiger partial charge in [-0.3, -0.25) is 9.52 Å². The number of nitrogens with one attached hydrogen (secondary N) is 2. The van der Waals surface area contributed by atoms with Gasteiger partial charge in [0, 0.05) is 31.1 Å². The number of alkyl halides is 6. The van der Waals surface area contributed by atoms with Crippen LogP contribution in [-0.4, -0.2) is 80.1 Å². The highest BCUT2D eigenvalue weighted by molar-refractivity contribution is 7.92. The molecule has 2 N–H and O–H groups in total. The number of aryl methyl sites for hydroxylation is 2. The summed E-state index contributed by atoms with van der Waals surface area (Å²) in [5, 5.41) is 2.80. The molecule has 0 atom stereocenters. The molecule has 0 unspecified atom stereocenters. The summed E-state index contributed by atoms with van der Waals surface area (Å²) in [5.41, 5.74) is -2.42. The van der Waals surface area contributed by atoms with Gasteiger partial charge >= 0.3 is 12.4 Å². The fourth-order valence-electron chi connectivity index (χ4n) is 5.06. The van der Waals surface area contributed by atoms with Gasteiger partial charge in [0.25, 0.3) is 5.91 Å². The van der Waals surface area contributed by atoms with Crippen molar-refractivity contribution in [3.63, 3.8) is 0 Å². The van der Waals surface area contributed by atoms with Gasteiger partial charge in [0.2, 0.25) is 15.9 Å². The number of hydrogen-bond acceptors (Lipinski definition) is 8. The van der Waals surface area contributed by atoms with Crippen molar-refractivity contribution in [2.24, 2.45) is 7.05 Å². The second-order valence-electron chi connectivity index (χ2n) is 11.1. The Labute approximate surface area is 271 Å². The highest BCUT2D eigenvalue weighted by atomic mass is 32.2. The zero-order valence-electron chi connectivity index (χ0n) is 26.3. The summed E-state index contributed by atoms with van der Waals surface area (Å²) >= 11 is 0. The molecule has 0 radical (unpaired) electrons. The molecule has 0 fully saturated rings. The van der Waals surface area contributed by atoms with Crippen LogP contribution in [0.25, 0.3) is 10.9 Å². The third kappa shape index (κ3) is 8.66. The van der Waals surface area contributed by atoms with E-state index in [0.717, 1.165) is 20.1 Å². The number of halogens is 6. The lowest BCUT2D eigenvalue weighted by Gasteiger charge is -2.25. The maximum absolute atomic E-state index is 13.7. The molecule has 11 nitrogen and oxygen atoms in total. The first kappa shape index (κ1) is 36.3. The molecule has 0 spiro atoms. The number of fused-ring (bicyclic) bond motifs is 1. The Hall–Kier alpha value is -4.58. The fourth-order valence-corrected chi connectivity index (χ4v) is 5.61. The minimum atomic E-state index is -5.81. The highest BCUT2D eigenvalue weighted by Gasteiger charge is 2.57. The van der Waals surface area contributed by atoms with Crippen molar-refractivity contribution in [3.8, 4) is 17.4 Å². The van der Waals surface area contributed by atoms with E-state index in [-0.39, 0.29) is 11.6 Å². The summed E-state index contributed by atoms with van der Waals surface area (Å²) in [6.07, 6.45) is -8.00. The summed E-state index contributed by atoms with van der Waals surface area (Å²) in [4.78, 5) is 24.3. The van der Waals surface area contributed by atoms with E-state index in [4.69, 9.17) is 9.47 Å². The Morgan fingerprint density at radius 3 is 2.31 bits per heavy atom. The van der Waals surface area contributed by atoms with Crippen molar-refractivity contribution < 1.29 is 49.0 Å². The van der Waals surface area contributed by atoms with Gasteiger partial charge in [-0.25, -0.2) is 13.4 Å². The first-order valence-electron chi connectivity index (χ1n) is 14.2. The van der Waals surface area contributed by atoms with E-state index < -0.39 is 56.9 Å². The fraction of sp³-hybridized carbons (Fsp3) is 0.367. The standard InChI is InChI=1S/C30H32F6N6O5S/c1-41(2)13-7-10-23-37-12-11-24(39-23)47-22-9-6-8-17-16-21(42(3)25(17)22)28(43)38-19-14-18(27(29(31,32)33)30(34,35)36)15-20(26(19)46-4)40-48(5,44)45/h6,8-9,11-12,14-16,27,40H,7,10,13H2,1-5H3,(H,38,43). The first-order valence-corrected chi connectivity index (χ1v) is 16.0. The number of ether oxygens (including phenoxy) is 2. The summed E-state index contributed by atoms with van der Waals surface area (Å²) < 4.78 is 120. The Morgan fingerprint density at radius 1 is 1.04 bits per heavy atom. The van der Waals surface area contributed by atoms with Crippen LogP contribution in [-0.2, 0) is 23.5 Å². The molecule has 260 valence electrons. The molecule has 0 bridgehead atoms. The Balaban J connectivity index is 1.73. The summed E-state index contributed by atoms with van der Waals surface area (Å²) in [6.45, 7) is 0.832. The SMILES string of the molecule is COc1c(NC(=O)c2cc3cccc(Oc4ccnc(CCCN(C)C)n4)c3n2C)cc(C(C(F)(F)F)C(F)(F)F)cc1NS(C)(=O)=O. The van der Waals surface area contributed by atoms with E-state index in [2.05, 4.69) is 15.3 Å². The number of nitrogens with zero attached hydrogens (tertiary/aromatic N) is 4. The van der Waals surface area contributed by atoms with Crippen molar-refractivity contribution in [2.75, 3.05) is 44.0 Å². The molecule has 0 aliphatic rings. The number of anilines is 2. The lowest BCUT2D eigenvalue weighted by Crippen LogP contribution is -2.34. The van der Waals surface area contributed by atoms with Gasteiger partial charge in [0.15, 0.2) is 17.4 Å². The van der Waals surface area contributed by atoms with Gasteiger partial charge in [0.05, 0.1) is 30.3 Å². The largest absolute Gasteiger partial charge is 0.492 e. The van der Waals surface area contributed by atoms with Crippen molar-refractivity contribution in [1.29, 1.82) is 0 Å². The number of benzene rings is 2. The molecular formula is C30H32F6N6O5S. The summed E-state index contributed by atoms with van der Waals surface area (Å²) in [5.74, 6) is -4.38. The van der Waals surface area contributed by atoms with Crippen molar-refractivity contribution in [3.05, 3.63) is 65.7 Å². The minimum absolute atomic E-state index is 0.0682. The van der Waals surface area contributed by atoms with Crippen LogP contribution in [0.2, 0.25) is 0 Å². The van der Waals surface area contributed by atoms with Gasteiger partial charge in [-0.15, -0.1) is 0 Å². The molecule has 0 aliphatic heterocycles. The lowest BCUT2D eigenvalue weighted by molar-refractivity contribution is -0.253. The molecule has 4 rings (SSSR count). The van der Waals surface area contributed by atoms with Gasteiger partial charge < -0.3 is 24.3 Å². The number of carbonyl (C=O) groups excluding carboxylic acids is 1. The maximum Gasteiger partial charge on any atom is 0.404 e. The van der Waals surface area contributed by atoms with Crippen LogP contribution < -0.4 is 19.5 Å². The van der Waals surface area contributed by atoms with Crippen LogP contribution in [0.4, 0.5) is 37.7 Å². The van der Waals surface area contributed by atoms with Gasteiger partial charge in [-0.05, 0) is 56.9 Å². The monoisotopic (exact) mass is 702 g/mol. The summed E-state index contributed by atoms with van der Waals surface area (Å²) in [7, 11) is 2.19. The quantitative estimate of drug-likeness (QED) is 0.170. The molecule has 2 heterocycles. The number of methoxy groups -OCH3 is 1. The Morgan fingerprint density at radius 2 is 1.71 bits per heavy atom. The van der Waals surface area contributed by atoms with Crippen molar-refractivity contribution in [2.45, 2.75) is 31.1 Å². The summed E-state index contributed by atoms with van der Waals surface area (Å²) in [6, 6.07) is 8.75. The molecule has 1 amide bonds. The second kappa shape index (κ2) is 13.9. The Bertz CT molecular complexity index is 1900. The molecule has 2 aromatic heterocycles. The average molecular weight is 703 g/mol. The average Bonchev–Trinajstić information content (AvgIpc) is 3.28. The minimum Gasteiger partial charge on any atom is -0.492 e. The molecule has 0 aliphatic carbocycles. The van der Waals surface area contributed by atoms with E-state index in [1.54, 1.807) is 30.5 Å². The third-order valence-corrected chi connectivity index (χ3v) is 7.59. The molecule has 0 saturated carbocycles. The van der Waals surface area contributed by atoms with Gasteiger partial charge in [-0.2, -0.15) is 31.3 Å². The normalized spacial score (nSPS) is 12.5. The number of para-hydroxylation sites is 1. The number of rotatable bonds is 12. The number of aromatic nitrogens is 3. The van der Waals surface area contributed by atoms with E-state index in [9.17, 15) is 39.6 Å². The van der Waals surface area contributed by atoms with E-state index in [0.29, 0.717) is 47.3 Å². The number of amides is 1. The lowest BCUT2D eigenvalue weighted by atomic mass is 9.96. The van der Waals surface area contributed by atoms with Crippen LogP contribution in [0.1, 0.15) is 34.2 Å². The topological polar surface area (TPSA) is 128 Å². The van der Waals surface area contributed by atoms with Crippen molar-refractivity contribution >= 4 is 38.2 Å². The number of hydrogen-bond donors (Lipinski definition) is 2. The van der Waals surface area contributed by atoms with E-state index in [1.807, 2.05) is 23.7 Å². The maximum atomic E-state index is 13.7. The first-order chi connectivity index (χ1) is 22.3. The van der Waals surface area contributed by atoms with Crippen LogP contribution >= 0.6 is 0 Å². The third-order valence-electron chi connectivity index (χ3n) is 7.00. The van der Waals surface area contributed by atoms with Crippen LogP contribution in [0.5, 0.6) is 17.4 Å². The van der Waals surface area contributed by atoms with Gasteiger partial charge in [0.1, 0.15) is 11.5 Å². The molecule has 4 aromatic rings. The second-order valence-corrected chi connectivity index (χ2v) is 12.8. The highest BCUT2D eigenvalue weighted by Crippen LogP contribution is 2.49. The zero-order chi connectivity index (χ0) is 35.6. The van der Waals surface area contributed by atoms with Gasteiger partial charge in [-0.1, -0.05) is 12.1 Å². The zero-order valence-corrected chi connectivity index (χ0v) is 27.1. The molecule has 18 heteroatoms. The number of sulfonamides is 1. The van der Waals surface area contributed by atoms with Crippen molar-refractivity contribution in [1.82, 2.24) is 19.4 Å². The number of carbonyl (C=O) groups is 1. The van der Waals surface area contributed by atoms with E-state index >= 15 is 0 Å².